The molecule has 2 rings (SSSR count). The molecule has 1 aliphatic carbocycles. The van der Waals surface area contributed by atoms with Gasteiger partial charge in [0.05, 0.1) is 6.07 Å². The highest BCUT2D eigenvalue weighted by molar-refractivity contribution is 5.22. The summed E-state index contributed by atoms with van der Waals surface area (Å²) in [6.07, 6.45) is 6.63. The van der Waals surface area contributed by atoms with Crippen LogP contribution >= 0.6 is 0 Å². The zero-order valence-corrected chi connectivity index (χ0v) is 10.1. The Labute approximate surface area is 98.1 Å². The Bertz CT molecular complexity index is 303. The molecule has 0 aromatic carbocycles. The van der Waals surface area contributed by atoms with Gasteiger partial charge in [0.25, 0.3) is 0 Å². The van der Waals surface area contributed by atoms with Gasteiger partial charge in [0.2, 0.25) is 0 Å². The van der Waals surface area contributed by atoms with Crippen LogP contribution in [0.15, 0.2) is 11.6 Å². The summed E-state index contributed by atoms with van der Waals surface area (Å²) in [7, 11) is 2.24. The molecule has 2 atom stereocenters. The van der Waals surface area contributed by atoms with Crippen molar-refractivity contribution in [3.63, 3.8) is 0 Å². The van der Waals surface area contributed by atoms with Crippen molar-refractivity contribution >= 4 is 0 Å². The Morgan fingerprint density at radius 3 is 3.12 bits per heavy atom. The van der Waals surface area contributed by atoms with E-state index in [0.717, 1.165) is 37.4 Å². The Balaban J connectivity index is 1.97. The van der Waals surface area contributed by atoms with E-state index >= 15 is 0 Å². The molecule has 1 heterocycles. The number of rotatable bonds is 1. The van der Waals surface area contributed by atoms with Crippen LogP contribution in [0, 0.1) is 17.2 Å². The topological polar surface area (TPSA) is 39.1 Å². The molecule has 3 heteroatoms. The van der Waals surface area contributed by atoms with E-state index in [9.17, 15) is 0 Å². The van der Waals surface area contributed by atoms with E-state index in [-0.39, 0.29) is 0 Å². The lowest BCUT2D eigenvalue weighted by atomic mass is 9.84. The van der Waals surface area contributed by atoms with Gasteiger partial charge >= 0.3 is 0 Å². The van der Waals surface area contributed by atoms with Crippen LogP contribution in [0.4, 0.5) is 0 Å². The maximum Gasteiger partial charge on any atom is 0.0943 e. The average molecular weight is 219 g/mol. The molecular formula is C13H21N3. The summed E-state index contributed by atoms with van der Waals surface area (Å²) in [5, 5.41) is 12.4. The molecule has 0 aromatic heterocycles. The SMILES string of the molecule is CN1CCCNCC1C1CC=C(C#N)CC1. The van der Waals surface area contributed by atoms with E-state index in [1.165, 1.54) is 19.4 Å². The maximum absolute atomic E-state index is 8.84. The molecule has 0 amide bonds. The summed E-state index contributed by atoms with van der Waals surface area (Å²) in [6.45, 7) is 3.45. The minimum Gasteiger partial charge on any atom is -0.315 e. The maximum atomic E-state index is 8.84. The van der Waals surface area contributed by atoms with Gasteiger partial charge in [-0.1, -0.05) is 6.08 Å². The first-order valence-corrected chi connectivity index (χ1v) is 6.31. The second-order valence-corrected chi connectivity index (χ2v) is 4.98. The third-order valence-electron chi connectivity index (χ3n) is 3.92. The highest BCUT2D eigenvalue weighted by Gasteiger charge is 2.27. The van der Waals surface area contributed by atoms with Crippen molar-refractivity contribution in [2.75, 3.05) is 26.7 Å². The predicted octanol–water partition coefficient (Wildman–Crippen LogP) is 1.53. The van der Waals surface area contributed by atoms with Gasteiger partial charge in [-0.05, 0) is 51.7 Å². The molecule has 88 valence electrons. The van der Waals surface area contributed by atoms with E-state index < -0.39 is 0 Å². The van der Waals surface area contributed by atoms with Crippen molar-refractivity contribution in [1.82, 2.24) is 10.2 Å². The van der Waals surface area contributed by atoms with Crippen LogP contribution in [-0.4, -0.2) is 37.6 Å². The Morgan fingerprint density at radius 2 is 2.44 bits per heavy atom. The molecule has 0 saturated carbocycles. The average Bonchev–Trinajstić information content (AvgIpc) is 2.54. The van der Waals surface area contributed by atoms with E-state index in [4.69, 9.17) is 5.26 Å². The van der Waals surface area contributed by atoms with Crippen LogP contribution in [0.5, 0.6) is 0 Å². The van der Waals surface area contributed by atoms with Gasteiger partial charge in [0.1, 0.15) is 0 Å². The van der Waals surface area contributed by atoms with Crippen molar-refractivity contribution in [2.24, 2.45) is 5.92 Å². The first kappa shape index (κ1) is 11.6. The normalized spacial score (nSPS) is 32.6. The van der Waals surface area contributed by atoms with Crippen molar-refractivity contribution in [3.05, 3.63) is 11.6 Å². The molecule has 0 spiro atoms. The predicted molar refractivity (Wildman–Crippen MR) is 64.9 cm³/mol. The third kappa shape index (κ3) is 2.63. The van der Waals surface area contributed by atoms with Crippen LogP contribution in [0.2, 0.25) is 0 Å². The minimum atomic E-state index is 0.652. The van der Waals surface area contributed by atoms with Crippen molar-refractivity contribution in [2.45, 2.75) is 31.7 Å². The van der Waals surface area contributed by atoms with Crippen LogP contribution in [0.1, 0.15) is 25.7 Å². The number of likely N-dealkylation sites (N-methyl/N-ethyl adjacent to an activating group) is 1. The van der Waals surface area contributed by atoms with Gasteiger partial charge in [-0.2, -0.15) is 5.26 Å². The molecule has 0 radical (unpaired) electrons. The van der Waals surface area contributed by atoms with E-state index in [1.807, 2.05) is 0 Å². The highest BCUT2D eigenvalue weighted by atomic mass is 15.2. The third-order valence-corrected chi connectivity index (χ3v) is 3.92. The van der Waals surface area contributed by atoms with Gasteiger partial charge in [0, 0.05) is 18.2 Å². The minimum absolute atomic E-state index is 0.652. The molecule has 2 aliphatic rings. The van der Waals surface area contributed by atoms with Gasteiger partial charge < -0.3 is 10.2 Å². The Morgan fingerprint density at radius 1 is 1.56 bits per heavy atom. The first-order valence-electron chi connectivity index (χ1n) is 6.31. The van der Waals surface area contributed by atoms with Gasteiger partial charge in [-0.15, -0.1) is 0 Å². The van der Waals surface area contributed by atoms with Crippen molar-refractivity contribution < 1.29 is 0 Å². The number of hydrogen-bond acceptors (Lipinski definition) is 3. The zero-order chi connectivity index (χ0) is 11.4. The molecule has 2 unspecified atom stereocenters. The standard InChI is InChI=1S/C13H21N3/c1-16-8-2-7-15-10-13(16)12-5-3-11(9-14)4-6-12/h3,12-13,15H,2,4-8,10H2,1H3. The second kappa shape index (κ2) is 5.47. The van der Waals surface area contributed by atoms with E-state index in [2.05, 4.69) is 29.4 Å². The molecule has 1 aliphatic heterocycles. The Kier molecular flexibility index (Phi) is 3.98. The quantitative estimate of drug-likeness (QED) is 0.727. The molecule has 1 N–H and O–H groups in total. The molecule has 0 bridgehead atoms. The molecule has 16 heavy (non-hydrogen) atoms. The summed E-state index contributed by atoms with van der Waals surface area (Å²) >= 11 is 0. The largest absolute Gasteiger partial charge is 0.315 e. The number of nitrogens with zero attached hydrogens (tertiary/aromatic N) is 2. The lowest BCUT2D eigenvalue weighted by Gasteiger charge is -2.34. The Hall–Kier alpha value is -0.850. The van der Waals surface area contributed by atoms with E-state index in [1.54, 1.807) is 0 Å². The van der Waals surface area contributed by atoms with Crippen LogP contribution in [0.3, 0.4) is 0 Å². The van der Waals surface area contributed by atoms with Gasteiger partial charge in [-0.25, -0.2) is 0 Å². The summed E-state index contributed by atoms with van der Waals surface area (Å²) in [6, 6.07) is 2.93. The molecule has 3 nitrogen and oxygen atoms in total. The zero-order valence-electron chi connectivity index (χ0n) is 10.1. The van der Waals surface area contributed by atoms with E-state index in [0.29, 0.717) is 6.04 Å². The van der Waals surface area contributed by atoms with Crippen molar-refractivity contribution in [3.8, 4) is 6.07 Å². The number of allylic oxidation sites excluding steroid dienone is 2. The fourth-order valence-corrected chi connectivity index (χ4v) is 2.86. The van der Waals surface area contributed by atoms with Gasteiger partial charge in [-0.3, -0.25) is 0 Å². The van der Waals surface area contributed by atoms with Crippen molar-refractivity contribution in [1.29, 1.82) is 5.26 Å². The number of hydrogen-bond donors (Lipinski definition) is 1. The second-order valence-electron chi connectivity index (χ2n) is 4.98. The first-order chi connectivity index (χ1) is 7.81. The van der Waals surface area contributed by atoms with Crippen LogP contribution in [0.25, 0.3) is 0 Å². The molecule has 0 aromatic rings. The smallest absolute Gasteiger partial charge is 0.0943 e. The number of nitrogens with one attached hydrogen (secondary N) is 1. The monoisotopic (exact) mass is 219 g/mol. The van der Waals surface area contributed by atoms with Crippen LogP contribution < -0.4 is 5.32 Å². The molecule has 1 fully saturated rings. The molecular weight excluding hydrogens is 198 g/mol. The molecule has 1 saturated heterocycles. The summed E-state index contributed by atoms with van der Waals surface area (Å²) in [5.74, 6) is 0.729. The summed E-state index contributed by atoms with van der Waals surface area (Å²) in [5.41, 5.74) is 0.987. The lowest BCUT2D eigenvalue weighted by molar-refractivity contribution is 0.177. The van der Waals surface area contributed by atoms with Crippen LogP contribution in [-0.2, 0) is 0 Å². The summed E-state index contributed by atoms with van der Waals surface area (Å²) < 4.78 is 0. The number of nitriles is 1. The fraction of sp³-hybridized carbons (Fsp3) is 0.769. The fourth-order valence-electron chi connectivity index (χ4n) is 2.86. The highest BCUT2D eigenvalue weighted by Crippen LogP contribution is 2.28. The van der Waals surface area contributed by atoms with Gasteiger partial charge in [0.15, 0.2) is 0 Å². The lowest BCUT2D eigenvalue weighted by Crippen LogP contribution is -2.43. The summed E-state index contributed by atoms with van der Waals surface area (Å²) in [4.78, 5) is 2.50.